The number of methoxy groups -OCH3 is 1. The molecule has 1 aliphatic rings. The average Bonchev–Trinajstić information content (AvgIpc) is 2.65. The van der Waals surface area contributed by atoms with Gasteiger partial charge in [0.15, 0.2) is 0 Å². The zero-order valence-electron chi connectivity index (χ0n) is 9.68. The highest BCUT2D eigenvalue weighted by molar-refractivity contribution is 5.78. The summed E-state index contributed by atoms with van der Waals surface area (Å²) in [5.41, 5.74) is -1.10. The second kappa shape index (κ2) is 3.79. The van der Waals surface area contributed by atoms with Gasteiger partial charge in [-0.05, 0) is 18.3 Å². The fourth-order valence-electron chi connectivity index (χ4n) is 1.93. The number of hydrogen-bond donors (Lipinski definition) is 0. The van der Waals surface area contributed by atoms with Crippen LogP contribution in [0.15, 0.2) is 11.6 Å². The minimum atomic E-state index is -4.32. The van der Waals surface area contributed by atoms with Crippen molar-refractivity contribution in [1.82, 2.24) is 0 Å². The van der Waals surface area contributed by atoms with Crippen LogP contribution in [0.4, 0.5) is 13.2 Å². The predicted molar refractivity (Wildman–Crippen MR) is 52.6 cm³/mol. The van der Waals surface area contributed by atoms with Crippen molar-refractivity contribution < 1.29 is 22.7 Å². The number of alkyl halides is 3. The van der Waals surface area contributed by atoms with Crippen molar-refractivity contribution in [1.29, 1.82) is 0 Å². The van der Waals surface area contributed by atoms with Gasteiger partial charge in [0.2, 0.25) is 0 Å². The Hall–Kier alpha value is -1.00. The van der Waals surface area contributed by atoms with Crippen molar-refractivity contribution in [2.45, 2.75) is 26.9 Å². The minimum Gasteiger partial charge on any atom is -0.469 e. The van der Waals surface area contributed by atoms with Crippen LogP contribution in [0.3, 0.4) is 0 Å². The van der Waals surface area contributed by atoms with Crippen molar-refractivity contribution in [3.05, 3.63) is 11.6 Å². The van der Waals surface area contributed by atoms with E-state index in [1.165, 1.54) is 7.11 Å². The third-order valence-electron chi connectivity index (χ3n) is 3.24. The van der Waals surface area contributed by atoms with Crippen molar-refractivity contribution in [3.8, 4) is 0 Å². The van der Waals surface area contributed by atoms with Gasteiger partial charge >= 0.3 is 12.1 Å². The molecule has 0 saturated heterocycles. The van der Waals surface area contributed by atoms with Crippen LogP contribution in [0, 0.1) is 17.3 Å². The Bertz CT molecular complexity index is 329. The number of carbonyl (C=O) groups is 1. The molecule has 0 N–H and O–H groups in total. The van der Waals surface area contributed by atoms with Gasteiger partial charge in [-0.25, -0.2) is 0 Å². The van der Waals surface area contributed by atoms with E-state index in [4.69, 9.17) is 0 Å². The number of rotatable bonds is 2. The molecule has 0 aromatic rings. The van der Waals surface area contributed by atoms with E-state index in [9.17, 15) is 18.0 Å². The Labute approximate surface area is 92.5 Å². The molecule has 16 heavy (non-hydrogen) atoms. The lowest BCUT2D eigenvalue weighted by Gasteiger charge is -2.06. The molecule has 1 aliphatic carbocycles. The lowest BCUT2D eigenvalue weighted by molar-refractivity contribution is -0.143. The topological polar surface area (TPSA) is 26.3 Å². The zero-order valence-corrected chi connectivity index (χ0v) is 9.68. The first-order valence-corrected chi connectivity index (χ1v) is 4.95. The summed E-state index contributed by atoms with van der Waals surface area (Å²) in [4.78, 5) is 11.3. The molecule has 1 rings (SSSR count). The maximum Gasteiger partial charge on any atom is 0.412 e. The van der Waals surface area contributed by atoms with E-state index >= 15 is 0 Å². The fraction of sp³-hybridized carbons (Fsp3) is 0.727. The monoisotopic (exact) mass is 236 g/mol. The van der Waals surface area contributed by atoms with E-state index in [1.807, 2.05) is 0 Å². The molecule has 2 atom stereocenters. The largest absolute Gasteiger partial charge is 0.469 e. The molecule has 92 valence electrons. The first kappa shape index (κ1) is 13.1. The van der Waals surface area contributed by atoms with Crippen molar-refractivity contribution in [2.24, 2.45) is 17.3 Å². The summed E-state index contributed by atoms with van der Waals surface area (Å²) >= 11 is 0. The van der Waals surface area contributed by atoms with Crippen molar-refractivity contribution >= 4 is 5.97 Å². The van der Waals surface area contributed by atoms with E-state index in [-0.39, 0.29) is 5.92 Å². The predicted octanol–water partition coefficient (Wildman–Crippen LogP) is 2.94. The standard InChI is InChI=1S/C11H15F3O2/c1-6(11(12,13)14)5-7-8(9(15)16-4)10(7,2)3/h5,7-8H,1-4H3/b6-5+. The van der Waals surface area contributed by atoms with Crippen LogP contribution < -0.4 is 0 Å². The average molecular weight is 236 g/mol. The highest BCUT2D eigenvalue weighted by Crippen LogP contribution is 2.60. The molecule has 0 aromatic carbocycles. The van der Waals surface area contributed by atoms with Crippen LogP contribution in [0.1, 0.15) is 20.8 Å². The summed E-state index contributed by atoms with van der Waals surface area (Å²) in [6.45, 7) is 4.54. The molecule has 5 heteroatoms. The van der Waals surface area contributed by atoms with Crippen molar-refractivity contribution in [3.63, 3.8) is 0 Å². The number of hydrogen-bond acceptors (Lipinski definition) is 2. The molecule has 1 saturated carbocycles. The Balaban J connectivity index is 2.83. The van der Waals surface area contributed by atoms with Gasteiger partial charge in [-0.15, -0.1) is 0 Å². The molecular formula is C11H15F3O2. The second-order valence-electron chi connectivity index (χ2n) is 4.70. The van der Waals surface area contributed by atoms with Gasteiger partial charge in [0.1, 0.15) is 0 Å². The van der Waals surface area contributed by atoms with Crippen LogP contribution in [0.5, 0.6) is 0 Å². The summed E-state index contributed by atoms with van der Waals surface area (Å²) < 4.78 is 41.5. The molecule has 1 fully saturated rings. The Morgan fingerprint density at radius 2 is 1.88 bits per heavy atom. The summed E-state index contributed by atoms with van der Waals surface area (Å²) in [6, 6.07) is 0. The van der Waals surface area contributed by atoms with Crippen LogP contribution >= 0.6 is 0 Å². The maximum atomic E-state index is 12.3. The number of ether oxygens (including phenoxy) is 1. The number of esters is 1. The van der Waals surface area contributed by atoms with Gasteiger partial charge in [0.05, 0.1) is 13.0 Å². The van der Waals surface area contributed by atoms with Crippen LogP contribution in [-0.2, 0) is 9.53 Å². The Morgan fingerprint density at radius 1 is 1.38 bits per heavy atom. The summed E-state index contributed by atoms with van der Waals surface area (Å²) in [5.74, 6) is -1.29. The van der Waals surface area contributed by atoms with Crippen LogP contribution in [0.2, 0.25) is 0 Å². The molecule has 2 unspecified atom stereocenters. The SMILES string of the molecule is COC(=O)C1C(/C=C(\C)C(F)(F)F)C1(C)C. The molecule has 0 radical (unpaired) electrons. The molecule has 0 aliphatic heterocycles. The summed E-state index contributed by atoms with van der Waals surface area (Å²) in [5, 5.41) is 0. The second-order valence-corrected chi connectivity index (χ2v) is 4.70. The Morgan fingerprint density at radius 3 is 2.25 bits per heavy atom. The molecule has 0 heterocycles. The number of carbonyl (C=O) groups excluding carboxylic acids is 1. The van der Waals surface area contributed by atoms with Gasteiger partial charge in [-0.2, -0.15) is 13.2 Å². The fourth-order valence-corrected chi connectivity index (χ4v) is 1.93. The molecule has 0 amide bonds. The van der Waals surface area contributed by atoms with E-state index < -0.39 is 29.1 Å². The molecule has 0 spiro atoms. The van der Waals surface area contributed by atoms with Crippen LogP contribution in [-0.4, -0.2) is 19.3 Å². The van der Waals surface area contributed by atoms with Crippen LogP contribution in [0.25, 0.3) is 0 Å². The molecule has 2 nitrogen and oxygen atoms in total. The number of allylic oxidation sites excluding steroid dienone is 2. The minimum absolute atomic E-state index is 0.387. The van der Waals surface area contributed by atoms with E-state index in [0.29, 0.717) is 0 Å². The first-order valence-electron chi connectivity index (χ1n) is 4.95. The third kappa shape index (κ3) is 2.23. The smallest absolute Gasteiger partial charge is 0.412 e. The lowest BCUT2D eigenvalue weighted by atomic mass is 10.1. The molecule has 0 aromatic heterocycles. The zero-order chi connectivity index (χ0) is 12.7. The molecule has 0 bridgehead atoms. The van der Waals surface area contributed by atoms with Crippen molar-refractivity contribution in [2.75, 3.05) is 7.11 Å². The maximum absolute atomic E-state index is 12.3. The van der Waals surface area contributed by atoms with E-state index in [2.05, 4.69) is 4.74 Å². The summed E-state index contributed by atoms with van der Waals surface area (Å²) in [7, 11) is 1.24. The van der Waals surface area contributed by atoms with Gasteiger partial charge < -0.3 is 4.74 Å². The van der Waals surface area contributed by atoms with E-state index in [1.54, 1.807) is 13.8 Å². The van der Waals surface area contributed by atoms with Gasteiger partial charge in [-0.3, -0.25) is 4.79 Å². The third-order valence-corrected chi connectivity index (χ3v) is 3.24. The first-order chi connectivity index (χ1) is 7.12. The van der Waals surface area contributed by atoms with Gasteiger partial charge in [-0.1, -0.05) is 19.9 Å². The lowest BCUT2D eigenvalue weighted by Crippen LogP contribution is -2.10. The quantitative estimate of drug-likeness (QED) is 0.544. The van der Waals surface area contributed by atoms with Gasteiger partial charge in [0, 0.05) is 5.57 Å². The Kier molecular flexibility index (Phi) is 3.09. The molecular weight excluding hydrogens is 221 g/mol. The summed E-state index contributed by atoms with van der Waals surface area (Å²) in [6.07, 6.45) is -3.19. The van der Waals surface area contributed by atoms with E-state index in [0.717, 1.165) is 13.0 Å². The normalized spacial score (nSPS) is 28.8. The highest BCUT2D eigenvalue weighted by Gasteiger charge is 2.61. The van der Waals surface area contributed by atoms with Gasteiger partial charge in [0.25, 0.3) is 0 Å². The number of halogens is 3. The highest BCUT2D eigenvalue weighted by atomic mass is 19.4.